The van der Waals surface area contributed by atoms with E-state index in [1.807, 2.05) is 30.3 Å². The van der Waals surface area contributed by atoms with E-state index in [0.29, 0.717) is 12.3 Å². The van der Waals surface area contributed by atoms with E-state index >= 15 is 0 Å². The summed E-state index contributed by atoms with van der Waals surface area (Å²) in [5.41, 5.74) is 0. The van der Waals surface area contributed by atoms with E-state index in [1.54, 1.807) is 0 Å². The lowest BCUT2D eigenvalue weighted by Crippen LogP contribution is -2.32. The van der Waals surface area contributed by atoms with Crippen LogP contribution in [0.25, 0.3) is 0 Å². The van der Waals surface area contributed by atoms with Gasteiger partial charge in [-0.15, -0.1) is 0 Å². The quantitative estimate of drug-likeness (QED) is 0.791. The van der Waals surface area contributed by atoms with Crippen molar-refractivity contribution in [3.8, 4) is 0 Å². The molecule has 1 aliphatic carbocycles. The fourth-order valence-corrected chi connectivity index (χ4v) is 3.56. The molecule has 3 atom stereocenters. The molecule has 2 nitrogen and oxygen atoms in total. The summed E-state index contributed by atoms with van der Waals surface area (Å²) in [7, 11) is -1.16. The first-order valence-corrected chi connectivity index (χ1v) is 6.88. The van der Waals surface area contributed by atoms with E-state index in [9.17, 15) is 9.00 Å². The maximum absolute atomic E-state index is 12.2. The largest absolute Gasteiger partial charge is 0.298 e. The summed E-state index contributed by atoms with van der Waals surface area (Å²) >= 11 is 0. The van der Waals surface area contributed by atoms with E-state index < -0.39 is 10.8 Å². The molecular formula is C13H16O2S. The molecule has 1 aliphatic rings. The van der Waals surface area contributed by atoms with Crippen LogP contribution in [0.4, 0.5) is 0 Å². The SMILES string of the molecule is CC1CCC(S(=O)c2ccccc2)C(=O)C1. The molecule has 0 amide bonds. The maximum atomic E-state index is 12.2. The predicted molar refractivity (Wildman–Crippen MR) is 64.7 cm³/mol. The lowest BCUT2D eigenvalue weighted by Gasteiger charge is -2.24. The molecule has 0 aromatic heterocycles. The van der Waals surface area contributed by atoms with Gasteiger partial charge in [-0.25, -0.2) is 0 Å². The lowest BCUT2D eigenvalue weighted by molar-refractivity contribution is -0.120. The molecule has 2 rings (SSSR count). The van der Waals surface area contributed by atoms with Gasteiger partial charge in [-0.3, -0.25) is 9.00 Å². The van der Waals surface area contributed by atoms with Gasteiger partial charge in [0.2, 0.25) is 0 Å². The number of hydrogen-bond acceptors (Lipinski definition) is 2. The minimum atomic E-state index is -1.16. The molecule has 86 valence electrons. The summed E-state index contributed by atoms with van der Waals surface area (Å²) in [6.45, 7) is 2.08. The summed E-state index contributed by atoms with van der Waals surface area (Å²) < 4.78 is 12.2. The predicted octanol–water partition coefficient (Wildman–Crippen LogP) is 2.55. The van der Waals surface area contributed by atoms with Crippen molar-refractivity contribution in [2.45, 2.75) is 36.3 Å². The molecule has 0 heterocycles. The second-order valence-corrected chi connectivity index (χ2v) is 6.09. The zero-order valence-corrected chi connectivity index (χ0v) is 10.2. The average molecular weight is 236 g/mol. The standard InChI is InChI=1S/C13H16O2S/c1-10-7-8-13(12(14)9-10)16(15)11-5-3-2-4-6-11/h2-6,10,13H,7-9H2,1H3. The maximum Gasteiger partial charge on any atom is 0.149 e. The number of Topliss-reactive ketones (excluding diaryl/α,β-unsaturated/α-hetero) is 1. The van der Waals surface area contributed by atoms with Crippen LogP contribution in [0.1, 0.15) is 26.2 Å². The van der Waals surface area contributed by atoms with Gasteiger partial charge in [-0.2, -0.15) is 0 Å². The zero-order chi connectivity index (χ0) is 11.5. The Balaban J connectivity index is 2.14. The van der Waals surface area contributed by atoms with E-state index in [4.69, 9.17) is 0 Å². The Labute approximate surface area is 98.5 Å². The molecule has 1 fully saturated rings. The fraction of sp³-hybridized carbons (Fsp3) is 0.462. The van der Waals surface area contributed by atoms with Crippen LogP contribution in [0.15, 0.2) is 35.2 Å². The highest BCUT2D eigenvalue weighted by atomic mass is 32.2. The molecule has 0 saturated heterocycles. The Morgan fingerprint density at radius 3 is 2.50 bits per heavy atom. The first kappa shape index (κ1) is 11.5. The monoisotopic (exact) mass is 236 g/mol. The lowest BCUT2D eigenvalue weighted by atomic mass is 9.89. The number of ketones is 1. The van der Waals surface area contributed by atoms with Gasteiger partial charge in [0, 0.05) is 11.3 Å². The normalized spacial score (nSPS) is 27.7. The molecule has 0 aliphatic heterocycles. The number of hydrogen-bond donors (Lipinski definition) is 0. The van der Waals surface area contributed by atoms with Crippen molar-refractivity contribution in [2.24, 2.45) is 5.92 Å². The van der Waals surface area contributed by atoms with E-state index in [0.717, 1.165) is 17.7 Å². The van der Waals surface area contributed by atoms with E-state index in [2.05, 4.69) is 6.92 Å². The Morgan fingerprint density at radius 2 is 1.88 bits per heavy atom. The van der Waals surface area contributed by atoms with Gasteiger partial charge < -0.3 is 0 Å². The molecule has 3 unspecified atom stereocenters. The molecule has 0 radical (unpaired) electrons. The van der Waals surface area contributed by atoms with Crippen LogP contribution in [0, 0.1) is 5.92 Å². The highest BCUT2D eigenvalue weighted by Crippen LogP contribution is 2.26. The van der Waals surface area contributed by atoms with Gasteiger partial charge in [0.15, 0.2) is 0 Å². The molecule has 1 aromatic carbocycles. The van der Waals surface area contributed by atoms with Crippen LogP contribution in [0.5, 0.6) is 0 Å². The van der Waals surface area contributed by atoms with Crippen molar-refractivity contribution in [1.82, 2.24) is 0 Å². The van der Waals surface area contributed by atoms with Crippen LogP contribution in [-0.2, 0) is 15.6 Å². The van der Waals surface area contributed by atoms with Crippen LogP contribution >= 0.6 is 0 Å². The molecule has 1 saturated carbocycles. The number of carbonyl (C=O) groups is 1. The third-order valence-corrected chi connectivity index (χ3v) is 4.82. The molecule has 3 heteroatoms. The number of carbonyl (C=O) groups excluding carboxylic acids is 1. The fourth-order valence-electron chi connectivity index (χ4n) is 2.12. The summed E-state index contributed by atoms with van der Waals surface area (Å²) in [6.07, 6.45) is 2.36. The summed E-state index contributed by atoms with van der Waals surface area (Å²) in [6, 6.07) is 9.29. The molecule has 16 heavy (non-hydrogen) atoms. The van der Waals surface area contributed by atoms with Gasteiger partial charge in [0.25, 0.3) is 0 Å². The first-order chi connectivity index (χ1) is 7.68. The van der Waals surface area contributed by atoms with Gasteiger partial charge in [0.1, 0.15) is 5.78 Å². The van der Waals surface area contributed by atoms with Crippen LogP contribution in [0.2, 0.25) is 0 Å². The topological polar surface area (TPSA) is 34.1 Å². The minimum Gasteiger partial charge on any atom is -0.298 e. The second-order valence-electron chi connectivity index (χ2n) is 4.45. The van der Waals surface area contributed by atoms with E-state index in [-0.39, 0.29) is 11.0 Å². The van der Waals surface area contributed by atoms with Crippen molar-refractivity contribution in [3.05, 3.63) is 30.3 Å². The van der Waals surface area contributed by atoms with Crippen molar-refractivity contribution in [3.63, 3.8) is 0 Å². The Kier molecular flexibility index (Phi) is 3.54. The minimum absolute atomic E-state index is 0.168. The van der Waals surface area contributed by atoms with Crippen LogP contribution < -0.4 is 0 Å². The van der Waals surface area contributed by atoms with Crippen molar-refractivity contribution in [1.29, 1.82) is 0 Å². The zero-order valence-electron chi connectivity index (χ0n) is 9.39. The van der Waals surface area contributed by atoms with Crippen LogP contribution in [0.3, 0.4) is 0 Å². The third kappa shape index (κ3) is 2.40. The molecule has 0 N–H and O–H groups in total. The van der Waals surface area contributed by atoms with Gasteiger partial charge in [-0.05, 0) is 30.9 Å². The van der Waals surface area contributed by atoms with E-state index in [1.165, 1.54) is 0 Å². The van der Waals surface area contributed by atoms with Gasteiger partial charge >= 0.3 is 0 Å². The molecule has 0 bridgehead atoms. The molecular weight excluding hydrogens is 220 g/mol. The van der Waals surface area contributed by atoms with Gasteiger partial charge in [-0.1, -0.05) is 25.1 Å². The third-order valence-electron chi connectivity index (χ3n) is 3.06. The number of rotatable bonds is 2. The van der Waals surface area contributed by atoms with Crippen molar-refractivity contribution < 1.29 is 9.00 Å². The average Bonchev–Trinajstić information content (AvgIpc) is 2.29. The smallest absolute Gasteiger partial charge is 0.149 e. The molecule has 0 spiro atoms. The number of benzene rings is 1. The Bertz CT molecular complexity index is 400. The summed E-state index contributed by atoms with van der Waals surface area (Å²) in [5, 5.41) is -0.279. The molecule has 1 aromatic rings. The van der Waals surface area contributed by atoms with Crippen molar-refractivity contribution in [2.75, 3.05) is 0 Å². The first-order valence-electron chi connectivity index (χ1n) is 5.67. The van der Waals surface area contributed by atoms with Gasteiger partial charge in [0.05, 0.1) is 16.0 Å². The highest BCUT2D eigenvalue weighted by molar-refractivity contribution is 7.86. The highest BCUT2D eigenvalue weighted by Gasteiger charge is 2.31. The van der Waals surface area contributed by atoms with Crippen molar-refractivity contribution >= 4 is 16.6 Å². The Morgan fingerprint density at radius 1 is 1.19 bits per heavy atom. The second kappa shape index (κ2) is 4.91. The van der Waals surface area contributed by atoms with Crippen LogP contribution in [-0.4, -0.2) is 15.2 Å². The Hall–Kier alpha value is -0.960. The summed E-state index contributed by atoms with van der Waals surface area (Å²) in [4.78, 5) is 12.6. The summed E-state index contributed by atoms with van der Waals surface area (Å²) in [5.74, 6) is 0.623.